The van der Waals surface area contributed by atoms with E-state index < -0.39 is 0 Å². The molecule has 4 heteroatoms. The van der Waals surface area contributed by atoms with Gasteiger partial charge in [0.2, 0.25) is 0 Å². The van der Waals surface area contributed by atoms with E-state index in [0.717, 1.165) is 77.5 Å². The fourth-order valence-corrected chi connectivity index (χ4v) is 6.25. The number of benzene rings is 6. The number of fused-ring (bicyclic) bond motifs is 6. The van der Waals surface area contributed by atoms with E-state index in [0.29, 0.717) is 11.4 Å². The first-order valence-electron chi connectivity index (χ1n) is 14.7. The fourth-order valence-electron chi connectivity index (χ4n) is 6.25. The molecule has 0 unspecified atom stereocenters. The first kappa shape index (κ1) is 24.6. The molecular formula is C40H24N2O2. The van der Waals surface area contributed by atoms with Crippen molar-refractivity contribution in [3.63, 3.8) is 0 Å². The molecular weight excluding hydrogens is 540 g/mol. The molecule has 9 aromatic rings. The number of rotatable bonds is 4. The van der Waals surface area contributed by atoms with Crippen molar-refractivity contribution >= 4 is 44.0 Å². The molecule has 0 saturated heterocycles. The number of nitrogens with zero attached hydrogens (tertiary/aromatic N) is 2. The number of furan rings is 2. The maximum Gasteiger partial charge on any atom is 0.180 e. The predicted octanol–water partition coefficient (Wildman–Crippen LogP) is 10.9. The number of aromatic nitrogens is 2. The summed E-state index contributed by atoms with van der Waals surface area (Å²) in [4.78, 5) is 10.4. The second kappa shape index (κ2) is 9.79. The van der Waals surface area contributed by atoms with Gasteiger partial charge in [0.05, 0.1) is 0 Å². The standard InChI is InChI=1S/C40H24N2O2/c1-4-13-25(14-5-1)28-23-31(26-15-6-2-7-16-26)38-32(24-28)35-30(20-12-22-34(35)44-38)40-41-36(27-17-8-3-9-18-27)39-37(42-40)29-19-10-11-21-33(29)43-39/h1-24H. The van der Waals surface area contributed by atoms with Crippen molar-refractivity contribution in [3.8, 4) is 44.9 Å². The Hall–Kier alpha value is -6.00. The molecule has 0 saturated carbocycles. The van der Waals surface area contributed by atoms with Crippen molar-refractivity contribution in [2.75, 3.05) is 0 Å². The van der Waals surface area contributed by atoms with Gasteiger partial charge in [0.15, 0.2) is 11.4 Å². The molecule has 4 nitrogen and oxygen atoms in total. The molecule has 206 valence electrons. The van der Waals surface area contributed by atoms with Crippen LogP contribution in [-0.4, -0.2) is 9.97 Å². The van der Waals surface area contributed by atoms with Gasteiger partial charge in [-0.2, -0.15) is 0 Å². The second-order valence-electron chi connectivity index (χ2n) is 11.0. The van der Waals surface area contributed by atoms with Crippen molar-refractivity contribution in [1.82, 2.24) is 9.97 Å². The van der Waals surface area contributed by atoms with Crippen LogP contribution in [0, 0.1) is 0 Å². The third kappa shape index (κ3) is 3.85. The van der Waals surface area contributed by atoms with Gasteiger partial charge < -0.3 is 8.83 Å². The molecule has 44 heavy (non-hydrogen) atoms. The van der Waals surface area contributed by atoms with Crippen molar-refractivity contribution in [1.29, 1.82) is 0 Å². The molecule has 0 radical (unpaired) electrons. The molecule has 3 heterocycles. The van der Waals surface area contributed by atoms with Gasteiger partial charge in [0.25, 0.3) is 0 Å². The maximum atomic E-state index is 6.67. The molecule has 0 fully saturated rings. The van der Waals surface area contributed by atoms with Crippen molar-refractivity contribution < 1.29 is 8.83 Å². The van der Waals surface area contributed by atoms with Gasteiger partial charge in [-0.15, -0.1) is 0 Å². The molecule has 9 rings (SSSR count). The zero-order valence-corrected chi connectivity index (χ0v) is 23.6. The van der Waals surface area contributed by atoms with E-state index in [1.807, 2.05) is 60.7 Å². The van der Waals surface area contributed by atoms with Crippen LogP contribution in [0.4, 0.5) is 0 Å². The zero-order valence-electron chi connectivity index (χ0n) is 23.6. The minimum Gasteiger partial charge on any atom is -0.455 e. The average Bonchev–Trinajstić information content (AvgIpc) is 3.67. The summed E-state index contributed by atoms with van der Waals surface area (Å²) in [6, 6.07) is 49.7. The number of hydrogen-bond donors (Lipinski definition) is 0. The van der Waals surface area contributed by atoms with E-state index in [1.165, 1.54) is 0 Å². The van der Waals surface area contributed by atoms with Gasteiger partial charge in [-0.3, -0.25) is 0 Å². The van der Waals surface area contributed by atoms with E-state index in [2.05, 4.69) is 84.9 Å². The average molecular weight is 565 g/mol. The third-order valence-electron chi connectivity index (χ3n) is 8.30. The normalized spacial score (nSPS) is 11.6. The molecule has 0 bridgehead atoms. The molecule has 6 aromatic carbocycles. The first-order chi connectivity index (χ1) is 21.8. The summed E-state index contributed by atoms with van der Waals surface area (Å²) in [5.41, 5.74) is 11.0. The Morgan fingerprint density at radius 1 is 0.409 bits per heavy atom. The van der Waals surface area contributed by atoms with Gasteiger partial charge in [-0.05, 0) is 47.0 Å². The van der Waals surface area contributed by atoms with Crippen molar-refractivity contribution in [2.24, 2.45) is 0 Å². The van der Waals surface area contributed by atoms with Crippen LogP contribution in [0.15, 0.2) is 154 Å². The topological polar surface area (TPSA) is 52.1 Å². The van der Waals surface area contributed by atoms with Crippen LogP contribution in [0.25, 0.3) is 88.9 Å². The summed E-state index contributed by atoms with van der Waals surface area (Å²) in [6.45, 7) is 0. The Bertz CT molecular complexity index is 2480. The van der Waals surface area contributed by atoms with Crippen LogP contribution >= 0.6 is 0 Å². The van der Waals surface area contributed by atoms with Gasteiger partial charge >= 0.3 is 0 Å². The lowest BCUT2D eigenvalue weighted by molar-refractivity contribution is 0.667. The molecule has 0 aliphatic rings. The van der Waals surface area contributed by atoms with Crippen LogP contribution < -0.4 is 0 Å². The van der Waals surface area contributed by atoms with Crippen LogP contribution in [-0.2, 0) is 0 Å². The summed E-state index contributed by atoms with van der Waals surface area (Å²) >= 11 is 0. The highest BCUT2D eigenvalue weighted by molar-refractivity contribution is 6.17. The van der Waals surface area contributed by atoms with E-state index in [-0.39, 0.29) is 0 Å². The summed E-state index contributed by atoms with van der Waals surface area (Å²) < 4.78 is 13.0. The summed E-state index contributed by atoms with van der Waals surface area (Å²) in [7, 11) is 0. The highest BCUT2D eigenvalue weighted by atomic mass is 16.3. The van der Waals surface area contributed by atoms with Gasteiger partial charge in [0.1, 0.15) is 28.0 Å². The Balaban J connectivity index is 1.38. The highest BCUT2D eigenvalue weighted by Gasteiger charge is 2.22. The van der Waals surface area contributed by atoms with Gasteiger partial charge in [-0.1, -0.05) is 115 Å². The van der Waals surface area contributed by atoms with Crippen LogP contribution in [0.1, 0.15) is 0 Å². The molecule has 0 aliphatic heterocycles. The highest BCUT2D eigenvalue weighted by Crippen LogP contribution is 2.43. The molecule has 0 N–H and O–H groups in total. The largest absolute Gasteiger partial charge is 0.455 e. The Morgan fingerprint density at radius 3 is 1.82 bits per heavy atom. The lowest BCUT2D eigenvalue weighted by atomic mass is 9.95. The molecule has 3 aromatic heterocycles. The van der Waals surface area contributed by atoms with Gasteiger partial charge in [-0.25, -0.2) is 9.97 Å². The van der Waals surface area contributed by atoms with Gasteiger partial charge in [0, 0.05) is 32.8 Å². The summed E-state index contributed by atoms with van der Waals surface area (Å²) in [5.74, 6) is 0.627. The zero-order chi connectivity index (χ0) is 29.0. The number of hydrogen-bond acceptors (Lipinski definition) is 4. The minimum atomic E-state index is 0.627. The molecule has 0 amide bonds. The lowest BCUT2D eigenvalue weighted by Gasteiger charge is -2.09. The third-order valence-corrected chi connectivity index (χ3v) is 8.30. The lowest BCUT2D eigenvalue weighted by Crippen LogP contribution is -1.94. The Morgan fingerprint density at radius 2 is 1.05 bits per heavy atom. The quantitative estimate of drug-likeness (QED) is 0.213. The Kier molecular flexibility index (Phi) is 5.47. The van der Waals surface area contributed by atoms with Crippen molar-refractivity contribution in [2.45, 2.75) is 0 Å². The van der Waals surface area contributed by atoms with Crippen molar-refractivity contribution in [3.05, 3.63) is 146 Å². The second-order valence-corrected chi connectivity index (χ2v) is 11.0. The van der Waals surface area contributed by atoms with Crippen LogP contribution in [0.2, 0.25) is 0 Å². The first-order valence-corrected chi connectivity index (χ1v) is 14.7. The maximum absolute atomic E-state index is 6.67. The van der Waals surface area contributed by atoms with Crippen LogP contribution in [0.3, 0.4) is 0 Å². The summed E-state index contributed by atoms with van der Waals surface area (Å²) in [5, 5.41) is 2.98. The smallest absolute Gasteiger partial charge is 0.180 e. The SMILES string of the molecule is c1ccc(-c2cc(-c3ccccc3)c3oc4cccc(-c5nc(-c6ccccc6)c6oc7ccccc7c6n5)c4c3c2)cc1. The Labute approximate surface area is 252 Å². The van der Waals surface area contributed by atoms with E-state index in [9.17, 15) is 0 Å². The fraction of sp³-hybridized carbons (Fsp3) is 0. The molecule has 0 atom stereocenters. The van der Waals surface area contributed by atoms with E-state index in [1.54, 1.807) is 0 Å². The molecule has 0 spiro atoms. The summed E-state index contributed by atoms with van der Waals surface area (Å²) in [6.07, 6.45) is 0. The van der Waals surface area contributed by atoms with E-state index in [4.69, 9.17) is 18.8 Å². The number of para-hydroxylation sites is 1. The minimum absolute atomic E-state index is 0.627. The monoisotopic (exact) mass is 564 g/mol. The van der Waals surface area contributed by atoms with E-state index >= 15 is 0 Å². The molecule has 0 aliphatic carbocycles. The van der Waals surface area contributed by atoms with Crippen LogP contribution in [0.5, 0.6) is 0 Å². The predicted molar refractivity (Wildman–Crippen MR) is 178 cm³/mol.